The van der Waals surface area contributed by atoms with E-state index in [9.17, 15) is 14.7 Å². The van der Waals surface area contributed by atoms with Gasteiger partial charge in [0, 0.05) is 25.6 Å². The first-order chi connectivity index (χ1) is 12.8. The van der Waals surface area contributed by atoms with Gasteiger partial charge in [0.15, 0.2) is 0 Å². The van der Waals surface area contributed by atoms with Crippen molar-refractivity contribution in [3.05, 3.63) is 68.7 Å². The van der Waals surface area contributed by atoms with Gasteiger partial charge >= 0.3 is 6.09 Å². The van der Waals surface area contributed by atoms with Gasteiger partial charge in [-0.25, -0.2) is 4.79 Å². The zero-order valence-corrected chi connectivity index (χ0v) is 16.5. The van der Waals surface area contributed by atoms with Crippen molar-refractivity contribution in [3.8, 4) is 0 Å². The number of halogens is 2. The summed E-state index contributed by atoms with van der Waals surface area (Å²) in [6.45, 7) is 0. The number of hydrogen-bond acceptors (Lipinski definition) is 2. The molecule has 2 atom stereocenters. The highest BCUT2D eigenvalue weighted by Gasteiger charge is 2.33. The normalized spacial score (nSPS) is 18.5. The van der Waals surface area contributed by atoms with Crippen molar-refractivity contribution in [2.45, 2.75) is 24.8 Å². The van der Waals surface area contributed by atoms with E-state index >= 15 is 0 Å². The van der Waals surface area contributed by atoms with Gasteiger partial charge in [0.2, 0.25) is 0 Å². The highest BCUT2D eigenvalue weighted by atomic mass is 35.5. The fraction of sp³-hybridized carbons (Fsp3) is 0.300. The van der Waals surface area contributed by atoms with Crippen LogP contribution in [0.5, 0.6) is 0 Å². The van der Waals surface area contributed by atoms with E-state index in [-0.39, 0.29) is 17.9 Å². The molecule has 0 saturated heterocycles. The van der Waals surface area contributed by atoms with Gasteiger partial charge in [-0.05, 0) is 53.8 Å². The molecule has 0 radical (unpaired) electrons. The molecule has 0 aromatic heterocycles. The Morgan fingerprint density at radius 3 is 2.44 bits per heavy atom. The number of carbonyl (C=O) groups excluding carboxylic acids is 1. The molecule has 0 bridgehead atoms. The third-order valence-electron chi connectivity index (χ3n) is 5.15. The summed E-state index contributed by atoms with van der Waals surface area (Å²) in [6.07, 6.45) is 0.444. The number of nitrogens with zero attached hydrogens (tertiary/aromatic N) is 1. The minimum Gasteiger partial charge on any atom is -0.465 e. The molecule has 0 aliphatic heterocycles. The fourth-order valence-corrected chi connectivity index (χ4v) is 4.02. The Kier molecular flexibility index (Phi) is 5.63. The molecule has 0 unspecified atom stereocenters. The van der Waals surface area contributed by atoms with Crippen LogP contribution in [-0.4, -0.2) is 36.1 Å². The van der Waals surface area contributed by atoms with Gasteiger partial charge < -0.3 is 15.3 Å². The van der Waals surface area contributed by atoms with E-state index in [0.717, 1.165) is 23.1 Å². The summed E-state index contributed by atoms with van der Waals surface area (Å²) >= 11 is 12.3. The minimum atomic E-state index is -0.977. The smallest absolute Gasteiger partial charge is 0.407 e. The Morgan fingerprint density at radius 1 is 1.07 bits per heavy atom. The Bertz CT molecular complexity index is 901. The average Bonchev–Trinajstić information content (AvgIpc) is 2.67. The van der Waals surface area contributed by atoms with Crippen LogP contribution in [0.1, 0.15) is 51.8 Å². The predicted molar refractivity (Wildman–Crippen MR) is 106 cm³/mol. The van der Waals surface area contributed by atoms with Gasteiger partial charge in [0.05, 0.1) is 16.1 Å². The lowest BCUT2D eigenvalue weighted by atomic mass is 9.75. The second-order valence-electron chi connectivity index (χ2n) is 6.64. The SMILES string of the molecule is CNC(=O)c1ccc2c(c1)[C@H](c1ccc(Cl)c(Cl)c1)CC[C@@H]2N(C)C(=O)O. The second kappa shape index (κ2) is 7.79. The van der Waals surface area contributed by atoms with Crippen molar-refractivity contribution in [3.63, 3.8) is 0 Å². The Balaban J connectivity index is 2.12. The summed E-state index contributed by atoms with van der Waals surface area (Å²) in [4.78, 5) is 24.9. The number of rotatable bonds is 3. The monoisotopic (exact) mass is 406 g/mol. The summed E-state index contributed by atoms with van der Waals surface area (Å²) in [5.41, 5.74) is 3.39. The molecule has 1 aliphatic carbocycles. The first kappa shape index (κ1) is 19.5. The fourth-order valence-electron chi connectivity index (χ4n) is 3.71. The molecule has 142 valence electrons. The molecule has 0 fully saturated rings. The molecule has 0 saturated carbocycles. The van der Waals surface area contributed by atoms with Crippen LogP contribution in [0.2, 0.25) is 10.0 Å². The third kappa shape index (κ3) is 3.75. The van der Waals surface area contributed by atoms with Gasteiger partial charge in [-0.1, -0.05) is 35.3 Å². The Labute approximate surface area is 167 Å². The lowest BCUT2D eigenvalue weighted by Gasteiger charge is -2.36. The molecular weight excluding hydrogens is 387 g/mol. The first-order valence-corrected chi connectivity index (χ1v) is 9.35. The van der Waals surface area contributed by atoms with E-state index in [1.54, 1.807) is 26.2 Å². The van der Waals surface area contributed by atoms with Crippen LogP contribution in [0.25, 0.3) is 0 Å². The van der Waals surface area contributed by atoms with E-state index in [0.29, 0.717) is 22.0 Å². The van der Waals surface area contributed by atoms with Crippen LogP contribution >= 0.6 is 23.2 Å². The van der Waals surface area contributed by atoms with Crippen molar-refractivity contribution in [1.82, 2.24) is 10.2 Å². The predicted octanol–water partition coefficient (Wildman–Crippen LogP) is 4.93. The molecule has 2 N–H and O–H groups in total. The van der Waals surface area contributed by atoms with Crippen molar-refractivity contribution in [2.75, 3.05) is 14.1 Å². The van der Waals surface area contributed by atoms with E-state index in [2.05, 4.69) is 5.32 Å². The number of fused-ring (bicyclic) bond motifs is 1. The van der Waals surface area contributed by atoms with Crippen LogP contribution in [0.4, 0.5) is 4.79 Å². The quantitative estimate of drug-likeness (QED) is 0.758. The summed E-state index contributed by atoms with van der Waals surface area (Å²) in [5.74, 6) is -0.169. The lowest BCUT2D eigenvalue weighted by Crippen LogP contribution is -2.33. The van der Waals surface area contributed by atoms with Gasteiger partial charge in [-0.2, -0.15) is 0 Å². The molecule has 5 nitrogen and oxygen atoms in total. The van der Waals surface area contributed by atoms with Crippen LogP contribution < -0.4 is 5.32 Å². The number of nitrogens with one attached hydrogen (secondary N) is 1. The zero-order chi connectivity index (χ0) is 19.7. The number of carbonyl (C=O) groups is 2. The average molecular weight is 407 g/mol. The summed E-state index contributed by atoms with van der Waals surface area (Å²) < 4.78 is 0. The number of benzene rings is 2. The molecular formula is C20H20Cl2N2O3. The molecule has 0 heterocycles. The molecule has 2 aromatic rings. The summed E-state index contributed by atoms with van der Waals surface area (Å²) in [5, 5.41) is 13.0. The Morgan fingerprint density at radius 2 is 1.81 bits per heavy atom. The highest BCUT2D eigenvalue weighted by molar-refractivity contribution is 6.42. The lowest BCUT2D eigenvalue weighted by molar-refractivity contribution is 0.0962. The topological polar surface area (TPSA) is 69.6 Å². The highest BCUT2D eigenvalue weighted by Crippen LogP contribution is 2.44. The maximum Gasteiger partial charge on any atom is 0.407 e. The third-order valence-corrected chi connectivity index (χ3v) is 5.89. The summed E-state index contributed by atoms with van der Waals surface area (Å²) in [6, 6.07) is 10.7. The minimum absolute atomic E-state index is 0.0119. The maximum atomic E-state index is 12.1. The Hall–Kier alpha value is -2.24. The van der Waals surface area contributed by atoms with Crippen molar-refractivity contribution in [1.29, 1.82) is 0 Å². The molecule has 7 heteroatoms. The molecule has 2 amide bonds. The van der Waals surface area contributed by atoms with Crippen LogP contribution in [0, 0.1) is 0 Å². The van der Waals surface area contributed by atoms with Crippen molar-refractivity contribution < 1.29 is 14.7 Å². The number of amides is 2. The molecule has 27 heavy (non-hydrogen) atoms. The first-order valence-electron chi connectivity index (χ1n) is 8.60. The van der Waals surface area contributed by atoms with Gasteiger partial charge in [0.25, 0.3) is 5.91 Å². The van der Waals surface area contributed by atoms with Crippen LogP contribution in [-0.2, 0) is 0 Å². The summed E-state index contributed by atoms with van der Waals surface area (Å²) in [7, 11) is 3.15. The number of carboxylic acid groups (broad SMARTS) is 1. The van der Waals surface area contributed by atoms with E-state index < -0.39 is 6.09 Å². The molecule has 3 rings (SSSR count). The van der Waals surface area contributed by atoms with E-state index in [4.69, 9.17) is 23.2 Å². The van der Waals surface area contributed by atoms with Crippen molar-refractivity contribution in [2.24, 2.45) is 0 Å². The van der Waals surface area contributed by atoms with E-state index in [1.807, 2.05) is 24.3 Å². The van der Waals surface area contributed by atoms with Gasteiger partial charge in [-0.3, -0.25) is 4.79 Å². The van der Waals surface area contributed by atoms with Crippen LogP contribution in [0.15, 0.2) is 36.4 Å². The maximum absolute atomic E-state index is 12.1. The van der Waals surface area contributed by atoms with Gasteiger partial charge in [-0.15, -0.1) is 0 Å². The largest absolute Gasteiger partial charge is 0.465 e. The van der Waals surface area contributed by atoms with E-state index in [1.165, 1.54) is 4.90 Å². The molecule has 1 aliphatic rings. The molecule has 2 aromatic carbocycles. The van der Waals surface area contributed by atoms with Gasteiger partial charge in [0.1, 0.15) is 0 Å². The van der Waals surface area contributed by atoms with Crippen molar-refractivity contribution >= 4 is 35.2 Å². The standard InChI is InChI=1S/C20H20Cl2N2O3/c1-23-19(25)12-3-5-14-15(9-12)13(6-8-18(14)24(2)20(26)27)11-4-7-16(21)17(22)10-11/h3-5,7,9-10,13,18H,6,8H2,1-2H3,(H,23,25)(H,26,27)/t13-,18-/m0/s1. The zero-order valence-electron chi connectivity index (χ0n) is 15.0. The molecule has 0 spiro atoms. The van der Waals surface area contributed by atoms with Crippen LogP contribution in [0.3, 0.4) is 0 Å². The number of hydrogen-bond donors (Lipinski definition) is 2. The second-order valence-corrected chi connectivity index (χ2v) is 7.45.